The van der Waals surface area contributed by atoms with Gasteiger partial charge in [0.05, 0.1) is 12.7 Å². The van der Waals surface area contributed by atoms with Crippen molar-refractivity contribution in [3.63, 3.8) is 0 Å². The van der Waals surface area contributed by atoms with Gasteiger partial charge >= 0.3 is 0 Å². The normalized spacial score (nSPS) is 61.2. The molecule has 0 aromatic heterocycles. The highest BCUT2D eigenvalue weighted by Crippen LogP contribution is 2.74. The summed E-state index contributed by atoms with van der Waals surface area (Å²) in [5, 5.41) is 0. The van der Waals surface area contributed by atoms with Gasteiger partial charge in [0.25, 0.3) is 0 Å². The maximum Gasteiger partial charge on any atom is 0.0866 e. The van der Waals surface area contributed by atoms with Crippen LogP contribution < -0.4 is 0 Å². The third-order valence-electron chi connectivity index (χ3n) is 8.55. The molecular formula is C20H30O. The molecule has 7 atom stereocenters. The van der Waals surface area contributed by atoms with E-state index in [4.69, 9.17) is 4.74 Å². The molecule has 7 unspecified atom stereocenters. The zero-order valence-corrected chi connectivity index (χ0v) is 14.0. The third kappa shape index (κ3) is 1.62. The molecule has 1 heteroatoms. The van der Waals surface area contributed by atoms with Gasteiger partial charge < -0.3 is 4.74 Å². The van der Waals surface area contributed by atoms with Gasteiger partial charge in [0.1, 0.15) is 0 Å². The molecule has 1 aliphatic heterocycles. The molecule has 0 N–H and O–H groups in total. The van der Waals surface area contributed by atoms with Crippen LogP contribution in [-0.4, -0.2) is 12.7 Å². The first-order chi connectivity index (χ1) is 9.96. The standard InChI is InChI=1S/C20H30O/c1-18(17-12-21-17)8-7-15-13(10-18)4-5-16-19(15,2)9-6-14-11-20(14,16)3/h7,13-14,16-17H,4-6,8-12H2,1-3H3. The van der Waals surface area contributed by atoms with Gasteiger partial charge in [0.15, 0.2) is 0 Å². The van der Waals surface area contributed by atoms with Crippen molar-refractivity contribution in [2.45, 2.75) is 71.8 Å². The van der Waals surface area contributed by atoms with Crippen molar-refractivity contribution in [3.8, 4) is 0 Å². The number of allylic oxidation sites excluding steroid dienone is 2. The number of epoxide rings is 1. The van der Waals surface area contributed by atoms with E-state index < -0.39 is 0 Å². The topological polar surface area (TPSA) is 12.5 Å². The second-order valence-electron chi connectivity index (χ2n) is 9.73. The number of fused-ring (bicyclic) bond motifs is 5. The fraction of sp³-hybridized carbons (Fsp3) is 0.900. The Hall–Kier alpha value is -0.300. The Kier molecular flexibility index (Phi) is 2.37. The van der Waals surface area contributed by atoms with Crippen LogP contribution in [0.4, 0.5) is 0 Å². The number of rotatable bonds is 1. The predicted molar refractivity (Wildman–Crippen MR) is 84.9 cm³/mol. The lowest BCUT2D eigenvalue weighted by Crippen LogP contribution is -2.47. The van der Waals surface area contributed by atoms with Crippen molar-refractivity contribution in [1.29, 1.82) is 0 Å². The third-order valence-corrected chi connectivity index (χ3v) is 8.55. The van der Waals surface area contributed by atoms with E-state index in [1.165, 1.54) is 44.9 Å². The Balaban J connectivity index is 1.50. The SMILES string of the molecule is CC1(C2CO2)CC=C2C(CCC3C2(C)CCC2CC23C)C1. The summed E-state index contributed by atoms with van der Waals surface area (Å²) in [4.78, 5) is 0. The first kappa shape index (κ1) is 13.2. The van der Waals surface area contributed by atoms with E-state index in [1.807, 2.05) is 5.57 Å². The molecule has 0 aromatic carbocycles. The van der Waals surface area contributed by atoms with Crippen LogP contribution in [0.15, 0.2) is 11.6 Å². The minimum Gasteiger partial charge on any atom is -0.373 e. The van der Waals surface area contributed by atoms with E-state index in [0.29, 0.717) is 22.3 Å². The average Bonchev–Trinajstić information content (AvgIpc) is 3.31. The van der Waals surface area contributed by atoms with Crippen LogP contribution in [0.25, 0.3) is 0 Å². The number of hydrogen-bond donors (Lipinski definition) is 0. The zero-order valence-electron chi connectivity index (χ0n) is 14.0. The highest BCUT2D eigenvalue weighted by molar-refractivity contribution is 5.30. The molecule has 1 nitrogen and oxygen atoms in total. The van der Waals surface area contributed by atoms with E-state index in [2.05, 4.69) is 26.8 Å². The number of hydrogen-bond acceptors (Lipinski definition) is 1. The molecule has 116 valence electrons. The first-order valence-electron chi connectivity index (χ1n) is 9.28. The maximum atomic E-state index is 5.67. The molecule has 3 saturated carbocycles. The van der Waals surface area contributed by atoms with Gasteiger partial charge in [0.2, 0.25) is 0 Å². The molecular weight excluding hydrogens is 256 g/mol. The van der Waals surface area contributed by atoms with Crippen molar-refractivity contribution in [1.82, 2.24) is 0 Å². The second-order valence-corrected chi connectivity index (χ2v) is 9.73. The highest BCUT2D eigenvalue weighted by atomic mass is 16.6. The minimum atomic E-state index is 0.443. The summed E-state index contributed by atoms with van der Waals surface area (Å²) in [5.74, 6) is 2.92. The molecule has 5 aliphatic rings. The fourth-order valence-electron chi connectivity index (χ4n) is 7.00. The molecule has 1 saturated heterocycles. The van der Waals surface area contributed by atoms with Gasteiger partial charge in [0, 0.05) is 5.41 Å². The van der Waals surface area contributed by atoms with Crippen molar-refractivity contribution in [3.05, 3.63) is 11.6 Å². The summed E-state index contributed by atoms with van der Waals surface area (Å²) in [6.07, 6.45) is 13.4. The summed E-state index contributed by atoms with van der Waals surface area (Å²) >= 11 is 0. The maximum absolute atomic E-state index is 5.67. The molecule has 0 amide bonds. The Morgan fingerprint density at radius 1 is 1.10 bits per heavy atom. The van der Waals surface area contributed by atoms with Crippen molar-refractivity contribution >= 4 is 0 Å². The Morgan fingerprint density at radius 2 is 1.90 bits per heavy atom. The van der Waals surface area contributed by atoms with E-state index in [1.54, 1.807) is 0 Å². The predicted octanol–water partition coefficient (Wildman–Crippen LogP) is 4.96. The number of ether oxygens (including phenoxy) is 1. The van der Waals surface area contributed by atoms with E-state index in [9.17, 15) is 0 Å². The van der Waals surface area contributed by atoms with Crippen LogP contribution in [0.1, 0.15) is 65.7 Å². The smallest absolute Gasteiger partial charge is 0.0866 e. The zero-order chi connectivity index (χ0) is 14.5. The summed E-state index contributed by atoms with van der Waals surface area (Å²) in [5.41, 5.74) is 3.57. The first-order valence-corrected chi connectivity index (χ1v) is 9.28. The summed E-state index contributed by atoms with van der Waals surface area (Å²) in [6.45, 7) is 8.73. The van der Waals surface area contributed by atoms with Gasteiger partial charge in [-0.05, 0) is 73.5 Å². The average molecular weight is 286 g/mol. The second kappa shape index (κ2) is 3.78. The fourth-order valence-corrected chi connectivity index (χ4v) is 7.00. The lowest BCUT2D eigenvalue weighted by atomic mass is 9.49. The largest absolute Gasteiger partial charge is 0.373 e. The Bertz CT molecular complexity index is 518. The van der Waals surface area contributed by atoms with Crippen LogP contribution in [-0.2, 0) is 4.74 Å². The monoisotopic (exact) mass is 286 g/mol. The molecule has 5 rings (SSSR count). The lowest BCUT2D eigenvalue weighted by molar-refractivity contribution is 0.0221. The molecule has 0 spiro atoms. The summed E-state index contributed by atoms with van der Waals surface area (Å²) in [6, 6.07) is 0. The molecule has 4 fully saturated rings. The van der Waals surface area contributed by atoms with Crippen molar-refractivity contribution in [2.75, 3.05) is 6.61 Å². The van der Waals surface area contributed by atoms with Crippen LogP contribution in [0, 0.1) is 34.0 Å². The van der Waals surface area contributed by atoms with Crippen LogP contribution in [0.5, 0.6) is 0 Å². The minimum absolute atomic E-state index is 0.443. The van der Waals surface area contributed by atoms with Gasteiger partial charge in [-0.3, -0.25) is 0 Å². The molecule has 0 radical (unpaired) electrons. The Morgan fingerprint density at radius 3 is 2.67 bits per heavy atom. The van der Waals surface area contributed by atoms with E-state index >= 15 is 0 Å². The van der Waals surface area contributed by atoms with Gasteiger partial charge in [-0.2, -0.15) is 0 Å². The van der Waals surface area contributed by atoms with Crippen LogP contribution >= 0.6 is 0 Å². The molecule has 4 aliphatic carbocycles. The van der Waals surface area contributed by atoms with Crippen molar-refractivity contribution < 1.29 is 4.74 Å². The molecule has 1 heterocycles. The molecule has 0 aromatic rings. The van der Waals surface area contributed by atoms with Gasteiger partial charge in [-0.25, -0.2) is 0 Å². The highest BCUT2D eigenvalue weighted by Gasteiger charge is 2.65. The molecule has 21 heavy (non-hydrogen) atoms. The Labute approximate surface area is 129 Å². The molecule has 0 bridgehead atoms. The summed E-state index contributed by atoms with van der Waals surface area (Å²) in [7, 11) is 0. The quantitative estimate of drug-likeness (QED) is 0.490. The van der Waals surface area contributed by atoms with Gasteiger partial charge in [-0.1, -0.05) is 32.4 Å². The van der Waals surface area contributed by atoms with Crippen LogP contribution in [0.3, 0.4) is 0 Å². The summed E-state index contributed by atoms with van der Waals surface area (Å²) < 4.78 is 5.67. The van der Waals surface area contributed by atoms with E-state index in [0.717, 1.165) is 24.4 Å². The lowest BCUT2D eigenvalue weighted by Gasteiger charge is -2.55. The van der Waals surface area contributed by atoms with Crippen LogP contribution in [0.2, 0.25) is 0 Å². The van der Waals surface area contributed by atoms with E-state index in [-0.39, 0.29) is 0 Å². The van der Waals surface area contributed by atoms with Crippen molar-refractivity contribution in [2.24, 2.45) is 34.0 Å². The van der Waals surface area contributed by atoms with Gasteiger partial charge in [-0.15, -0.1) is 0 Å².